The Morgan fingerprint density at radius 1 is 1.41 bits per heavy atom. The molecule has 2 N–H and O–H groups in total. The van der Waals surface area contributed by atoms with Crippen molar-refractivity contribution in [2.45, 2.75) is 13.8 Å². The minimum atomic E-state index is -0.536. The van der Waals surface area contributed by atoms with Crippen LogP contribution in [0.1, 0.15) is 18.2 Å². The summed E-state index contributed by atoms with van der Waals surface area (Å²) in [6, 6.07) is 5.45. The fraction of sp³-hybridized carbons (Fsp3) is 0.286. The van der Waals surface area contributed by atoms with Gasteiger partial charge in [-0.15, -0.1) is 0 Å². The third-order valence-corrected chi connectivity index (χ3v) is 2.75. The second-order valence-corrected chi connectivity index (χ2v) is 4.29. The van der Waals surface area contributed by atoms with Crippen LogP contribution in [0.5, 0.6) is 11.5 Å². The summed E-state index contributed by atoms with van der Waals surface area (Å²) in [7, 11) is 1.58. The van der Waals surface area contributed by atoms with Gasteiger partial charge in [0.1, 0.15) is 5.69 Å². The summed E-state index contributed by atoms with van der Waals surface area (Å²) >= 11 is 0. The molecule has 0 bridgehead atoms. The Balaban J connectivity index is 2.13. The van der Waals surface area contributed by atoms with Crippen LogP contribution in [0, 0.1) is 6.92 Å². The molecule has 0 spiro atoms. The SMILES string of the molecule is CCOc1ccc(/C=N/Nc2nc(=O)[nH]nc2C)cc1OC. The van der Waals surface area contributed by atoms with Crippen molar-refractivity contribution in [3.05, 3.63) is 39.9 Å². The molecule has 0 aliphatic rings. The van der Waals surface area contributed by atoms with Crippen LogP contribution in [0.4, 0.5) is 5.82 Å². The molecule has 0 aliphatic carbocycles. The zero-order valence-corrected chi connectivity index (χ0v) is 12.6. The molecule has 0 saturated carbocycles. The van der Waals surface area contributed by atoms with Crippen LogP contribution in [0.3, 0.4) is 0 Å². The smallest absolute Gasteiger partial charge is 0.363 e. The molecular formula is C14H17N5O3. The molecule has 2 rings (SSSR count). The molecule has 0 unspecified atom stereocenters. The maximum atomic E-state index is 11.1. The van der Waals surface area contributed by atoms with Gasteiger partial charge in [-0.05, 0) is 37.6 Å². The predicted molar refractivity (Wildman–Crippen MR) is 82.8 cm³/mol. The van der Waals surface area contributed by atoms with Gasteiger partial charge in [-0.1, -0.05) is 0 Å². The highest BCUT2D eigenvalue weighted by Gasteiger charge is 2.04. The summed E-state index contributed by atoms with van der Waals surface area (Å²) in [5.41, 5.74) is 3.50. The number of ether oxygens (including phenoxy) is 2. The number of rotatable bonds is 6. The van der Waals surface area contributed by atoms with Gasteiger partial charge in [0.15, 0.2) is 17.3 Å². The van der Waals surface area contributed by atoms with Gasteiger partial charge < -0.3 is 9.47 Å². The van der Waals surface area contributed by atoms with Gasteiger partial charge in [0.05, 0.1) is 19.9 Å². The number of benzene rings is 1. The molecule has 8 nitrogen and oxygen atoms in total. The Hall–Kier alpha value is -2.90. The van der Waals surface area contributed by atoms with Gasteiger partial charge in [-0.2, -0.15) is 15.2 Å². The van der Waals surface area contributed by atoms with Gasteiger partial charge in [0, 0.05) is 0 Å². The van der Waals surface area contributed by atoms with E-state index in [1.165, 1.54) is 0 Å². The van der Waals surface area contributed by atoms with Crippen LogP contribution < -0.4 is 20.6 Å². The van der Waals surface area contributed by atoms with Crippen molar-refractivity contribution in [2.24, 2.45) is 5.10 Å². The fourth-order valence-electron chi connectivity index (χ4n) is 1.71. The van der Waals surface area contributed by atoms with Crippen LogP contribution in [0.2, 0.25) is 0 Å². The number of hydrazone groups is 1. The van der Waals surface area contributed by atoms with E-state index in [1.807, 2.05) is 19.1 Å². The van der Waals surface area contributed by atoms with E-state index in [0.29, 0.717) is 29.6 Å². The average Bonchev–Trinajstić information content (AvgIpc) is 2.52. The predicted octanol–water partition coefficient (Wildman–Crippen LogP) is 1.33. The molecule has 8 heteroatoms. The summed E-state index contributed by atoms with van der Waals surface area (Å²) in [6.07, 6.45) is 1.58. The molecule has 116 valence electrons. The lowest BCUT2D eigenvalue weighted by atomic mass is 10.2. The fourth-order valence-corrected chi connectivity index (χ4v) is 1.71. The number of aromatic nitrogens is 3. The highest BCUT2D eigenvalue weighted by Crippen LogP contribution is 2.27. The first-order valence-corrected chi connectivity index (χ1v) is 6.67. The number of H-pyrrole nitrogens is 1. The molecule has 0 fully saturated rings. The van der Waals surface area contributed by atoms with Crippen molar-refractivity contribution in [3.63, 3.8) is 0 Å². The summed E-state index contributed by atoms with van der Waals surface area (Å²) in [5, 5.41) is 10.1. The standard InChI is InChI=1S/C14H17N5O3/c1-4-22-11-6-5-10(7-12(11)21-3)8-15-18-13-9(2)17-19-14(20)16-13/h5-8H,4H2,1-3H3,(H2,16,18,19,20)/b15-8+. The minimum Gasteiger partial charge on any atom is -0.493 e. The second-order valence-electron chi connectivity index (χ2n) is 4.29. The molecule has 2 aromatic rings. The van der Waals surface area contributed by atoms with E-state index in [0.717, 1.165) is 5.56 Å². The molecule has 0 amide bonds. The summed E-state index contributed by atoms with van der Waals surface area (Å²) in [4.78, 5) is 14.8. The van der Waals surface area contributed by atoms with Crippen molar-refractivity contribution < 1.29 is 9.47 Å². The molecule has 0 aliphatic heterocycles. The Morgan fingerprint density at radius 3 is 2.95 bits per heavy atom. The van der Waals surface area contributed by atoms with E-state index in [9.17, 15) is 4.79 Å². The molecule has 0 radical (unpaired) electrons. The number of methoxy groups -OCH3 is 1. The summed E-state index contributed by atoms with van der Waals surface area (Å²) in [6.45, 7) is 4.18. The van der Waals surface area contributed by atoms with Crippen LogP contribution in [-0.4, -0.2) is 35.1 Å². The highest BCUT2D eigenvalue weighted by molar-refractivity contribution is 5.81. The molecule has 1 heterocycles. The number of hydrogen-bond donors (Lipinski definition) is 2. The molecular weight excluding hydrogens is 286 g/mol. The van der Waals surface area contributed by atoms with Crippen molar-refractivity contribution in [1.29, 1.82) is 0 Å². The maximum absolute atomic E-state index is 11.1. The van der Waals surface area contributed by atoms with Gasteiger partial charge in [0.25, 0.3) is 0 Å². The molecule has 0 atom stereocenters. The van der Waals surface area contributed by atoms with Crippen molar-refractivity contribution in [1.82, 2.24) is 15.2 Å². The molecule has 1 aromatic heterocycles. The quantitative estimate of drug-likeness (QED) is 0.616. The van der Waals surface area contributed by atoms with Gasteiger partial charge >= 0.3 is 5.69 Å². The molecule has 1 aromatic carbocycles. The second kappa shape index (κ2) is 7.21. The van der Waals surface area contributed by atoms with E-state index in [2.05, 4.69) is 25.7 Å². The van der Waals surface area contributed by atoms with Crippen molar-refractivity contribution >= 4 is 12.0 Å². The van der Waals surface area contributed by atoms with Crippen LogP contribution in [0.15, 0.2) is 28.1 Å². The molecule has 0 saturated heterocycles. The van der Waals surface area contributed by atoms with E-state index in [4.69, 9.17) is 9.47 Å². The normalized spacial score (nSPS) is 10.7. The Kier molecular flexibility index (Phi) is 5.07. The zero-order valence-electron chi connectivity index (χ0n) is 12.6. The maximum Gasteiger partial charge on any atom is 0.363 e. The number of hydrogen-bond acceptors (Lipinski definition) is 7. The number of aromatic amines is 1. The minimum absolute atomic E-state index is 0.304. The lowest BCUT2D eigenvalue weighted by Gasteiger charge is -2.09. The first kappa shape index (κ1) is 15.5. The van der Waals surface area contributed by atoms with E-state index < -0.39 is 5.69 Å². The number of aryl methyl sites for hydroxylation is 1. The summed E-state index contributed by atoms with van der Waals surface area (Å²) < 4.78 is 10.7. The number of nitrogens with one attached hydrogen (secondary N) is 2. The summed E-state index contributed by atoms with van der Waals surface area (Å²) in [5.74, 6) is 1.60. The van der Waals surface area contributed by atoms with Crippen molar-refractivity contribution in [2.75, 3.05) is 19.1 Å². The van der Waals surface area contributed by atoms with Crippen LogP contribution in [0.25, 0.3) is 0 Å². The monoisotopic (exact) mass is 303 g/mol. The third kappa shape index (κ3) is 3.81. The van der Waals surface area contributed by atoms with E-state index in [1.54, 1.807) is 26.3 Å². The average molecular weight is 303 g/mol. The Morgan fingerprint density at radius 2 is 2.23 bits per heavy atom. The van der Waals surface area contributed by atoms with Crippen LogP contribution in [-0.2, 0) is 0 Å². The largest absolute Gasteiger partial charge is 0.493 e. The Labute approximate surface area is 127 Å². The van der Waals surface area contributed by atoms with Crippen molar-refractivity contribution in [3.8, 4) is 11.5 Å². The lowest BCUT2D eigenvalue weighted by molar-refractivity contribution is 0.311. The number of nitrogens with zero attached hydrogens (tertiary/aromatic N) is 3. The lowest BCUT2D eigenvalue weighted by Crippen LogP contribution is -2.15. The topological polar surface area (TPSA) is 101 Å². The first-order valence-electron chi connectivity index (χ1n) is 6.67. The van der Waals surface area contributed by atoms with Gasteiger partial charge in [0.2, 0.25) is 0 Å². The van der Waals surface area contributed by atoms with E-state index in [-0.39, 0.29) is 0 Å². The van der Waals surface area contributed by atoms with Gasteiger partial charge in [-0.3, -0.25) is 5.43 Å². The first-order chi connectivity index (χ1) is 10.6. The van der Waals surface area contributed by atoms with E-state index >= 15 is 0 Å². The third-order valence-electron chi connectivity index (χ3n) is 2.75. The Bertz CT molecular complexity index is 727. The highest BCUT2D eigenvalue weighted by atomic mass is 16.5. The zero-order chi connectivity index (χ0) is 15.9. The number of anilines is 1. The van der Waals surface area contributed by atoms with Crippen LogP contribution >= 0.6 is 0 Å². The molecule has 22 heavy (non-hydrogen) atoms. The van der Waals surface area contributed by atoms with Gasteiger partial charge in [-0.25, -0.2) is 9.89 Å².